The molecular formula is C23H21N5O6. The number of aromatic amines is 1. The van der Waals surface area contributed by atoms with Crippen LogP contribution in [-0.2, 0) is 14.3 Å². The third kappa shape index (κ3) is 4.08. The van der Waals surface area contributed by atoms with E-state index >= 15 is 0 Å². The van der Waals surface area contributed by atoms with Crippen LogP contribution < -0.4 is 10.6 Å². The molecule has 1 aliphatic carbocycles. The second-order valence-electron chi connectivity index (χ2n) is 7.96. The lowest BCUT2D eigenvalue weighted by atomic mass is 9.98. The SMILES string of the molecule is O=C(Nc1n[nH]c(C(=O)N[C@H]2CCO[C@H]2C(=O)O)n1)OCC1c2ccccc2-c2ccccc21. The van der Waals surface area contributed by atoms with Crippen LogP contribution in [0.4, 0.5) is 10.7 Å². The van der Waals surface area contributed by atoms with Crippen molar-refractivity contribution in [3.63, 3.8) is 0 Å². The zero-order valence-electron chi connectivity index (χ0n) is 17.9. The summed E-state index contributed by atoms with van der Waals surface area (Å²) in [7, 11) is 0. The fourth-order valence-corrected chi connectivity index (χ4v) is 4.36. The summed E-state index contributed by atoms with van der Waals surface area (Å²) in [5, 5.41) is 20.3. The van der Waals surface area contributed by atoms with Gasteiger partial charge in [0, 0.05) is 12.5 Å². The highest BCUT2D eigenvalue weighted by Crippen LogP contribution is 2.44. The molecule has 4 N–H and O–H groups in total. The van der Waals surface area contributed by atoms with E-state index in [1.165, 1.54) is 0 Å². The molecule has 0 radical (unpaired) electrons. The van der Waals surface area contributed by atoms with E-state index in [9.17, 15) is 14.4 Å². The van der Waals surface area contributed by atoms with E-state index in [0.717, 1.165) is 22.3 Å². The molecule has 1 saturated heterocycles. The van der Waals surface area contributed by atoms with Crippen LogP contribution in [0.2, 0.25) is 0 Å². The smallest absolute Gasteiger partial charge is 0.414 e. The first-order chi connectivity index (χ1) is 16.5. The Bertz CT molecular complexity index is 1210. The molecule has 1 aliphatic heterocycles. The zero-order valence-corrected chi connectivity index (χ0v) is 17.9. The lowest BCUT2D eigenvalue weighted by Crippen LogP contribution is -2.44. The maximum Gasteiger partial charge on any atom is 0.414 e. The van der Waals surface area contributed by atoms with E-state index in [2.05, 4.69) is 25.8 Å². The van der Waals surface area contributed by atoms with Gasteiger partial charge in [0.1, 0.15) is 6.61 Å². The van der Waals surface area contributed by atoms with Gasteiger partial charge in [0.2, 0.25) is 5.82 Å². The quantitative estimate of drug-likeness (QED) is 0.433. The molecule has 3 aromatic rings. The van der Waals surface area contributed by atoms with Gasteiger partial charge in [0.15, 0.2) is 6.10 Å². The largest absolute Gasteiger partial charge is 0.479 e. The molecule has 11 heteroatoms. The first kappa shape index (κ1) is 21.6. The summed E-state index contributed by atoms with van der Waals surface area (Å²) >= 11 is 0. The molecule has 0 saturated carbocycles. The van der Waals surface area contributed by atoms with Crippen molar-refractivity contribution in [3.8, 4) is 11.1 Å². The summed E-state index contributed by atoms with van der Waals surface area (Å²) in [6.07, 6.45) is -1.52. The van der Waals surface area contributed by atoms with Gasteiger partial charge >= 0.3 is 12.1 Å². The van der Waals surface area contributed by atoms with Gasteiger partial charge in [-0.05, 0) is 28.7 Å². The molecule has 5 rings (SSSR count). The highest BCUT2D eigenvalue weighted by molar-refractivity contribution is 5.92. The molecule has 1 fully saturated rings. The van der Waals surface area contributed by atoms with E-state index in [1.54, 1.807) is 0 Å². The maximum atomic E-state index is 12.4. The van der Waals surface area contributed by atoms with Crippen LogP contribution in [0.3, 0.4) is 0 Å². The number of rotatable bonds is 6. The average molecular weight is 463 g/mol. The molecule has 2 heterocycles. The normalized spacial score (nSPS) is 18.7. The number of ether oxygens (including phenoxy) is 2. The second kappa shape index (κ2) is 8.94. The number of anilines is 1. The van der Waals surface area contributed by atoms with Gasteiger partial charge in [-0.2, -0.15) is 4.98 Å². The number of nitrogens with one attached hydrogen (secondary N) is 3. The number of carbonyl (C=O) groups is 3. The second-order valence-corrected chi connectivity index (χ2v) is 7.96. The molecule has 0 bridgehead atoms. The Balaban J connectivity index is 1.19. The minimum absolute atomic E-state index is 0.0950. The number of aliphatic carboxylic acids is 1. The number of carbonyl (C=O) groups excluding carboxylic acids is 2. The molecule has 1 aromatic heterocycles. The standard InChI is InChI=1S/C23H21N5O6/c29-20(24-17-9-10-33-18(17)21(30)31)19-25-22(28-27-19)26-23(32)34-11-16-14-7-3-1-5-12(14)13-6-2-4-8-15(13)16/h1-8,16-18H,9-11H2,(H,24,29)(H,30,31)(H2,25,26,27,28,32)/t17-,18+/m0/s1. The van der Waals surface area contributed by atoms with E-state index in [4.69, 9.17) is 14.6 Å². The molecule has 174 valence electrons. The van der Waals surface area contributed by atoms with Crippen LogP contribution in [0.25, 0.3) is 11.1 Å². The predicted octanol–water partition coefficient (Wildman–Crippen LogP) is 2.14. The average Bonchev–Trinajstić information content (AvgIpc) is 3.56. The van der Waals surface area contributed by atoms with Gasteiger partial charge in [-0.3, -0.25) is 15.2 Å². The molecule has 0 unspecified atom stereocenters. The number of hydrogen-bond acceptors (Lipinski definition) is 7. The molecule has 34 heavy (non-hydrogen) atoms. The minimum atomic E-state index is -1.15. The van der Waals surface area contributed by atoms with Gasteiger partial charge in [-0.25, -0.2) is 9.59 Å². The van der Waals surface area contributed by atoms with Crippen molar-refractivity contribution in [2.24, 2.45) is 0 Å². The van der Waals surface area contributed by atoms with E-state index in [-0.39, 0.29) is 30.9 Å². The lowest BCUT2D eigenvalue weighted by Gasteiger charge is -2.15. The number of hydrogen-bond donors (Lipinski definition) is 4. The molecule has 2 aromatic carbocycles. The van der Waals surface area contributed by atoms with Crippen molar-refractivity contribution in [2.75, 3.05) is 18.5 Å². The van der Waals surface area contributed by atoms with Crippen LogP contribution in [-0.4, -0.2) is 63.6 Å². The molecule has 2 aliphatic rings. The van der Waals surface area contributed by atoms with Crippen molar-refractivity contribution in [2.45, 2.75) is 24.5 Å². The zero-order chi connectivity index (χ0) is 23.7. The van der Waals surface area contributed by atoms with E-state index in [0.29, 0.717) is 6.42 Å². The summed E-state index contributed by atoms with van der Waals surface area (Å²) in [6.45, 7) is 0.350. The fraction of sp³-hybridized carbons (Fsp3) is 0.261. The topological polar surface area (TPSA) is 156 Å². The lowest BCUT2D eigenvalue weighted by molar-refractivity contribution is -0.148. The van der Waals surface area contributed by atoms with Crippen LogP contribution in [0.5, 0.6) is 0 Å². The highest BCUT2D eigenvalue weighted by Gasteiger charge is 2.36. The number of carboxylic acids is 1. The summed E-state index contributed by atoms with van der Waals surface area (Å²) in [4.78, 5) is 39.8. The van der Waals surface area contributed by atoms with E-state index < -0.39 is 30.1 Å². The number of H-pyrrole nitrogens is 1. The molecule has 2 amide bonds. The van der Waals surface area contributed by atoms with Crippen molar-refractivity contribution in [3.05, 3.63) is 65.5 Å². The Labute approximate surface area is 193 Å². The summed E-state index contributed by atoms with van der Waals surface area (Å²) in [6, 6.07) is 15.3. The Morgan fingerprint density at radius 2 is 1.76 bits per heavy atom. The van der Waals surface area contributed by atoms with Crippen molar-refractivity contribution < 1.29 is 29.0 Å². The van der Waals surface area contributed by atoms with Crippen molar-refractivity contribution in [1.82, 2.24) is 20.5 Å². The molecule has 11 nitrogen and oxygen atoms in total. The third-order valence-electron chi connectivity index (χ3n) is 5.91. The van der Waals surface area contributed by atoms with E-state index in [1.807, 2.05) is 48.5 Å². The first-order valence-corrected chi connectivity index (χ1v) is 10.7. The monoisotopic (exact) mass is 463 g/mol. The maximum absolute atomic E-state index is 12.4. The Kier molecular flexibility index (Phi) is 5.68. The Morgan fingerprint density at radius 1 is 1.09 bits per heavy atom. The molecular weight excluding hydrogens is 442 g/mol. The van der Waals surface area contributed by atoms with Crippen molar-refractivity contribution in [1.29, 1.82) is 0 Å². The number of nitrogens with zero attached hydrogens (tertiary/aromatic N) is 2. The molecule has 0 spiro atoms. The minimum Gasteiger partial charge on any atom is -0.479 e. The Hall–Kier alpha value is -4.25. The summed E-state index contributed by atoms with van der Waals surface area (Å²) in [5.74, 6) is -2.22. The van der Waals surface area contributed by atoms with Crippen LogP contribution in [0.1, 0.15) is 34.1 Å². The van der Waals surface area contributed by atoms with Gasteiger partial charge in [0.05, 0.1) is 6.04 Å². The van der Waals surface area contributed by atoms with Gasteiger partial charge < -0.3 is 19.9 Å². The Morgan fingerprint density at radius 3 is 2.44 bits per heavy atom. The van der Waals surface area contributed by atoms with Gasteiger partial charge in [0.25, 0.3) is 11.9 Å². The van der Waals surface area contributed by atoms with Gasteiger partial charge in [-0.1, -0.05) is 48.5 Å². The fourth-order valence-electron chi connectivity index (χ4n) is 4.36. The van der Waals surface area contributed by atoms with Crippen molar-refractivity contribution >= 4 is 23.9 Å². The number of amides is 2. The van der Waals surface area contributed by atoms with Crippen LogP contribution in [0.15, 0.2) is 48.5 Å². The number of aromatic nitrogens is 3. The molecule has 2 atom stereocenters. The third-order valence-corrected chi connectivity index (χ3v) is 5.91. The summed E-state index contributed by atoms with van der Waals surface area (Å²) < 4.78 is 10.5. The number of carboxylic acid groups (broad SMARTS) is 1. The van der Waals surface area contributed by atoms with Crippen LogP contribution in [0, 0.1) is 0 Å². The number of fused-ring (bicyclic) bond motifs is 3. The summed E-state index contributed by atoms with van der Waals surface area (Å²) in [5.41, 5.74) is 4.41. The number of benzene rings is 2. The first-order valence-electron chi connectivity index (χ1n) is 10.7. The van der Waals surface area contributed by atoms with Crippen LogP contribution >= 0.6 is 0 Å². The predicted molar refractivity (Wildman–Crippen MR) is 118 cm³/mol. The highest BCUT2D eigenvalue weighted by atomic mass is 16.5. The van der Waals surface area contributed by atoms with Gasteiger partial charge in [-0.15, -0.1) is 5.10 Å².